The molecule has 0 N–H and O–H groups in total. The second-order valence-electron chi connectivity index (χ2n) is 2.41. The van der Waals surface area contributed by atoms with E-state index in [2.05, 4.69) is 6.92 Å². The maximum atomic E-state index is 10.8. The van der Waals surface area contributed by atoms with Gasteiger partial charge in [0.1, 0.15) is 6.10 Å². The van der Waals surface area contributed by atoms with E-state index in [9.17, 15) is 4.79 Å². The lowest BCUT2D eigenvalue weighted by molar-refractivity contribution is 0.154. The summed E-state index contributed by atoms with van der Waals surface area (Å²) in [4.78, 5) is 10.8. The molecule has 0 aliphatic rings. The number of ether oxygens (including phenoxy) is 1. The maximum absolute atomic E-state index is 10.8. The molecule has 0 heterocycles. The summed E-state index contributed by atoms with van der Waals surface area (Å²) >= 11 is 0. The smallest absolute Gasteiger partial charge is 0.378 e. The second-order valence-corrected chi connectivity index (χ2v) is 5.12. The first-order chi connectivity index (χ1) is 5.02. The lowest BCUT2D eigenvalue weighted by Crippen LogP contribution is -2.05. The Morgan fingerprint density at radius 2 is 2.00 bits per heavy atom. The molecule has 2 nitrogen and oxygen atoms in total. The van der Waals surface area contributed by atoms with Gasteiger partial charge in [-0.15, -0.1) is 0 Å². The Bertz CT molecular complexity index is 124. The van der Waals surface area contributed by atoms with Crippen molar-refractivity contribution >= 4 is 26.9 Å². The number of rotatable bonds is 3. The van der Waals surface area contributed by atoms with Gasteiger partial charge < -0.3 is 4.74 Å². The Hall–Kier alpha value is 0.170. The Labute approximate surface area is 75.9 Å². The minimum atomic E-state index is -0.261. The maximum Gasteiger partial charge on any atom is 0.378 e. The van der Waals surface area contributed by atoms with Crippen LogP contribution in [0.1, 0.15) is 20.8 Å². The summed E-state index contributed by atoms with van der Waals surface area (Å²) in [5.41, 5.74) is 0. The van der Waals surface area contributed by atoms with E-state index in [1.54, 1.807) is 6.92 Å². The lowest BCUT2D eigenvalue weighted by Gasteiger charge is -2.06. The molecule has 0 aromatic rings. The van der Waals surface area contributed by atoms with Crippen molar-refractivity contribution in [2.75, 3.05) is 0 Å². The third-order valence-electron chi connectivity index (χ3n) is 0.606. The fourth-order valence-electron chi connectivity index (χ4n) is 0.319. The normalized spacial score (nSPS) is 10.7. The Morgan fingerprint density at radius 1 is 1.45 bits per heavy atom. The molecule has 65 valence electrons. The highest BCUT2D eigenvalue weighted by atomic mass is 33.1. The van der Waals surface area contributed by atoms with Crippen molar-refractivity contribution in [3.05, 3.63) is 6.92 Å². The average molecular weight is 193 g/mol. The summed E-state index contributed by atoms with van der Waals surface area (Å²) in [6.07, 6.45) is -0.261. The van der Waals surface area contributed by atoms with Crippen molar-refractivity contribution < 1.29 is 9.53 Å². The quantitative estimate of drug-likeness (QED) is 0.508. The van der Waals surface area contributed by atoms with Crippen molar-refractivity contribution in [2.24, 2.45) is 0 Å². The summed E-state index contributed by atoms with van der Waals surface area (Å²) in [7, 11) is 2.62. The van der Waals surface area contributed by atoms with E-state index in [-0.39, 0.29) is 11.4 Å². The number of hydrogen-bond donors (Lipinski definition) is 0. The molecule has 0 saturated heterocycles. The van der Waals surface area contributed by atoms with Crippen LogP contribution in [-0.2, 0) is 4.74 Å². The van der Waals surface area contributed by atoms with Crippen molar-refractivity contribution in [1.29, 1.82) is 0 Å². The highest BCUT2D eigenvalue weighted by molar-refractivity contribution is 8.82. The fraction of sp³-hybridized carbons (Fsp3) is 0.714. The second kappa shape index (κ2) is 5.77. The van der Waals surface area contributed by atoms with E-state index in [1.165, 1.54) is 10.8 Å². The summed E-state index contributed by atoms with van der Waals surface area (Å²) in [6, 6.07) is 0. The zero-order chi connectivity index (χ0) is 8.85. The predicted octanol–water partition coefficient (Wildman–Crippen LogP) is 3.14. The van der Waals surface area contributed by atoms with Crippen LogP contribution in [0.15, 0.2) is 0 Å². The van der Waals surface area contributed by atoms with Gasteiger partial charge in [0.2, 0.25) is 0 Å². The minimum Gasteiger partial charge on any atom is -0.454 e. The topological polar surface area (TPSA) is 26.3 Å². The largest absolute Gasteiger partial charge is 0.454 e. The number of hydrogen-bond acceptors (Lipinski definition) is 4. The number of carbonyl (C=O) groups is 1. The van der Waals surface area contributed by atoms with Crippen LogP contribution in [0.4, 0.5) is 4.79 Å². The minimum absolute atomic E-state index is 0.258. The third kappa shape index (κ3) is 8.07. The van der Waals surface area contributed by atoms with Crippen molar-refractivity contribution in [1.82, 2.24) is 0 Å². The standard InChI is InChI=1S/C7H13O2S2/c1-5(2)9-7(8)11-10-6(3)4/h5-6H,1H2,2-4H3. The molecule has 0 amide bonds. The highest BCUT2D eigenvalue weighted by Crippen LogP contribution is 2.28. The molecule has 0 rings (SSSR count). The van der Waals surface area contributed by atoms with Crippen molar-refractivity contribution in [3.8, 4) is 0 Å². The molecule has 0 bridgehead atoms. The molecule has 4 heteroatoms. The molecule has 0 fully saturated rings. The van der Waals surface area contributed by atoms with Crippen LogP contribution < -0.4 is 0 Å². The Morgan fingerprint density at radius 3 is 2.36 bits per heavy atom. The summed E-state index contributed by atoms with van der Waals surface area (Å²) in [5, 5.41) is 0.180. The molecular formula is C7H13O2S2. The molecule has 0 spiro atoms. The molecule has 0 aromatic heterocycles. The molecular weight excluding hydrogens is 180 g/mol. The molecule has 1 atom stereocenters. The lowest BCUT2D eigenvalue weighted by atomic mass is 10.5. The van der Waals surface area contributed by atoms with Gasteiger partial charge in [0.05, 0.1) is 0 Å². The summed E-state index contributed by atoms with van der Waals surface area (Å²) in [6.45, 7) is 9.33. The SMILES string of the molecule is [CH2]C(C)OC(=O)SSC(C)C. The van der Waals surface area contributed by atoms with Crippen LogP contribution >= 0.6 is 21.6 Å². The van der Waals surface area contributed by atoms with E-state index >= 15 is 0 Å². The van der Waals surface area contributed by atoms with Gasteiger partial charge in [0.25, 0.3) is 0 Å². The van der Waals surface area contributed by atoms with Crippen LogP contribution in [0, 0.1) is 6.92 Å². The van der Waals surface area contributed by atoms with E-state index in [4.69, 9.17) is 4.74 Å². The molecule has 0 saturated carbocycles. The van der Waals surface area contributed by atoms with E-state index in [0.717, 1.165) is 10.8 Å². The Kier molecular flexibility index (Phi) is 5.86. The van der Waals surface area contributed by atoms with Crippen LogP contribution in [0.3, 0.4) is 0 Å². The first-order valence-electron chi connectivity index (χ1n) is 3.39. The van der Waals surface area contributed by atoms with Gasteiger partial charge in [-0.05, 0) is 13.8 Å². The van der Waals surface area contributed by atoms with Crippen LogP contribution in [0.25, 0.3) is 0 Å². The molecule has 0 aromatic carbocycles. The molecule has 11 heavy (non-hydrogen) atoms. The van der Waals surface area contributed by atoms with E-state index in [0.29, 0.717) is 5.25 Å². The van der Waals surface area contributed by atoms with E-state index in [1.807, 2.05) is 13.8 Å². The van der Waals surface area contributed by atoms with Crippen molar-refractivity contribution in [2.45, 2.75) is 32.1 Å². The fourth-order valence-corrected chi connectivity index (χ4v) is 1.72. The molecule has 1 radical (unpaired) electrons. The van der Waals surface area contributed by atoms with Crippen molar-refractivity contribution in [3.63, 3.8) is 0 Å². The molecule has 1 unspecified atom stereocenters. The van der Waals surface area contributed by atoms with Gasteiger partial charge in [-0.25, -0.2) is 4.79 Å². The summed E-state index contributed by atoms with van der Waals surface area (Å²) in [5.74, 6) is 0. The van der Waals surface area contributed by atoms with Gasteiger partial charge in [0, 0.05) is 16.0 Å². The predicted molar refractivity (Wildman–Crippen MR) is 51.6 cm³/mol. The van der Waals surface area contributed by atoms with Gasteiger partial charge in [-0.3, -0.25) is 0 Å². The molecule has 0 aliphatic heterocycles. The van der Waals surface area contributed by atoms with Gasteiger partial charge >= 0.3 is 5.30 Å². The van der Waals surface area contributed by atoms with Crippen LogP contribution in [0.5, 0.6) is 0 Å². The highest BCUT2D eigenvalue weighted by Gasteiger charge is 2.07. The molecule has 0 aliphatic carbocycles. The average Bonchev–Trinajstić information content (AvgIpc) is 1.82. The third-order valence-corrected chi connectivity index (χ3v) is 3.17. The van der Waals surface area contributed by atoms with Gasteiger partial charge in [-0.2, -0.15) is 0 Å². The first kappa shape index (κ1) is 11.2. The summed E-state index contributed by atoms with van der Waals surface area (Å²) < 4.78 is 4.79. The van der Waals surface area contributed by atoms with E-state index < -0.39 is 0 Å². The van der Waals surface area contributed by atoms with Crippen LogP contribution in [0.2, 0.25) is 0 Å². The monoisotopic (exact) mass is 193 g/mol. The van der Waals surface area contributed by atoms with Gasteiger partial charge in [0.15, 0.2) is 0 Å². The van der Waals surface area contributed by atoms with Gasteiger partial charge in [-0.1, -0.05) is 24.6 Å². The number of carbonyl (C=O) groups excluding carboxylic acids is 1. The van der Waals surface area contributed by atoms with Crippen LogP contribution in [-0.4, -0.2) is 16.7 Å². The zero-order valence-electron chi connectivity index (χ0n) is 6.99. The zero-order valence-corrected chi connectivity index (χ0v) is 8.63. The first-order valence-corrected chi connectivity index (χ1v) is 5.60. The Balaban J connectivity index is 3.38.